The smallest absolute Gasteiger partial charge is 0.244 e. The largest absolute Gasteiger partial charge is 0.352 e. The van der Waals surface area contributed by atoms with E-state index < -0.39 is 0 Å². The third-order valence-corrected chi connectivity index (χ3v) is 5.07. The third-order valence-electron chi connectivity index (χ3n) is 4.51. The van der Waals surface area contributed by atoms with Gasteiger partial charge in [0, 0.05) is 47.4 Å². The Morgan fingerprint density at radius 3 is 2.71 bits per heavy atom. The molecule has 1 aliphatic heterocycles. The van der Waals surface area contributed by atoms with Crippen LogP contribution < -0.4 is 10.2 Å². The summed E-state index contributed by atoms with van der Waals surface area (Å²) in [4.78, 5) is 37.6. The highest BCUT2D eigenvalue weighted by Crippen LogP contribution is 2.28. The molecule has 0 saturated heterocycles. The van der Waals surface area contributed by atoms with Crippen molar-refractivity contribution < 1.29 is 14.4 Å². The number of carbonyl (C=O) groups is 3. The molecule has 2 aromatic rings. The first-order chi connectivity index (χ1) is 13.3. The van der Waals surface area contributed by atoms with Crippen LogP contribution in [0.5, 0.6) is 0 Å². The molecular formula is C21H18Cl2N2O3. The maximum Gasteiger partial charge on any atom is 0.244 e. The quantitative estimate of drug-likeness (QED) is 0.573. The number of halogens is 2. The summed E-state index contributed by atoms with van der Waals surface area (Å²) in [6.45, 7) is 0.215. The van der Waals surface area contributed by atoms with E-state index in [2.05, 4.69) is 5.32 Å². The number of benzene rings is 2. The Labute approximate surface area is 172 Å². The van der Waals surface area contributed by atoms with E-state index >= 15 is 0 Å². The molecule has 0 spiro atoms. The predicted molar refractivity (Wildman–Crippen MR) is 111 cm³/mol. The Morgan fingerprint density at radius 1 is 1.18 bits per heavy atom. The summed E-state index contributed by atoms with van der Waals surface area (Å²) < 4.78 is 0. The zero-order chi connectivity index (χ0) is 20.3. The van der Waals surface area contributed by atoms with Crippen LogP contribution in [-0.2, 0) is 16.0 Å². The van der Waals surface area contributed by atoms with E-state index in [1.54, 1.807) is 54.4 Å². The summed E-state index contributed by atoms with van der Waals surface area (Å²) in [5.41, 5.74) is 2.90. The van der Waals surface area contributed by atoms with Gasteiger partial charge in [0.1, 0.15) is 0 Å². The van der Waals surface area contributed by atoms with Crippen molar-refractivity contribution in [3.63, 3.8) is 0 Å². The topological polar surface area (TPSA) is 66.5 Å². The minimum Gasteiger partial charge on any atom is -0.352 e. The molecule has 3 rings (SSSR count). The van der Waals surface area contributed by atoms with Crippen LogP contribution >= 0.6 is 23.2 Å². The second-order valence-electron chi connectivity index (χ2n) is 6.44. The number of hydrogen-bond acceptors (Lipinski definition) is 3. The normalized spacial score (nSPS) is 13.1. The van der Waals surface area contributed by atoms with E-state index in [0.717, 1.165) is 11.3 Å². The van der Waals surface area contributed by atoms with Crippen molar-refractivity contribution in [2.24, 2.45) is 0 Å². The second-order valence-corrected chi connectivity index (χ2v) is 7.28. The Balaban J connectivity index is 1.51. The van der Waals surface area contributed by atoms with Gasteiger partial charge >= 0.3 is 0 Å². The number of carbonyl (C=O) groups excluding carboxylic acids is 3. The summed E-state index contributed by atoms with van der Waals surface area (Å²) in [7, 11) is 1.72. The lowest BCUT2D eigenvalue weighted by atomic mass is 10.0. The number of anilines is 1. The van der Waals surface area contributed by atoms with E-state index in [1.165, 1.54) is 6.08 Å². The van der Waals surface area contributed by atoms with Gasteiger partial charge in [-0.2, -0.15) is 0 Å². The van der Waals surface area contributed by atoms with Crippen molar-refractivity contribution in [3.8, 4) is 0 Å². The van der Waals surface area contributed by atoms with Gasteiger partial charge in [0.25, 0.3) is 0 Å². The molecule has 0 radical (unpaired) electrons. The van der Waals surface area contributed by atoms with E-state index in [0.29, 0.717) is 27.6 Å². The number of amides is 2. The molecule has 0 aromatic heterocycles. The molecule has 0 atom stereocenters. The van der Waals surface area contributed by atoms with Gasteiger partial charge in [0.05, 0.1) is 6.42 Å². The van der Waals surface area contributed by atoms with Crippen molar-refractivity contribution in [1.82, 2.24) is 5.32 Å². The number of fused-ring (bicyclic) bond motifs is 1. The average molecular weight is 417 g/mol. The van der Waals surface area contributed by atoms with Crippen LogP contribution in [0, 0.1) is 0 Å². The molecule has 0 unspecified atom stereocenters. The Morgan fingerprint density at radius 2 is 1.96 bits per heavy atom. The van der Waals surface area contributed by atoms with Crippen molar-refractivity contribution in [1.29, 1.82) is 0 Å². The van der Waals surface area contributed by atoms with Crippen LogP contribution in [0.4, 0.5) is 5.69 Å². The third kappa shape index (κ3) is 4.61. The van der Waals surface area contributed by atoms with Gasteiger partial charge in [-0.05, 0) is 47.5 Å². The summed E-state index contributed by atoms with van der Waals surface area (Å²) >= 11 is 11.9. The summed E-state index contributed by atoms with van der Waals surface area (Å²) in [6, 6.07) is 10.2. The molecule has 1 heterocycles. The Kier molecular flexibility index (Phi) is 6.17. The maximum atomic E-state index is 12.3. The van der Waals surface area contributed by atoms with Crippen molar-refractivity contribution in [2.75, 3.05) is 18.5 Å². The van der Waals surface area contributed by atoms with Crippen molar-refractivity contribution >= 4 is 52.6 Å². The van der Waals surface area contributed by atoms with Gasteiger partial charge in [-0.25, -0.2) is 0 Å². The first kappa shape index (κ1) is 20.1. The van der Waals surface area contributed by atoms with Crippen molar-refractivity contribution in [2.45, 2.75) is 12.8 Å². The molecule has 5 nitrogen and oxygen atoms in total. The van der Waals surface area contributed by atoms with Crippen LogP contribution in [0.3, 0.4) is 0 Å². The number of nitrogens with zero attached hydrogens (tertiary/aromatic N) is 1. The van der Waals surface area contributed by atoms with E-state index in [1.807, 2.05) is 0 Å². The molecule has 0 saturated carbocycles. The molecule has 0 aliphatic carbocycles. The highest BCUT2D eigenvalue weighted by Gasteiger charge is 2.24. The molecule has 144 valence electrons. The monoisotopic (exact) mass is 416 g/mol. The molecule has 7 heteroatoms. The first-order valence-corrected chi connectivity index (χ1v) is 9.44. The number of nitrogens with one attached hydrogen (secondary N) is 1. The number of likely N-dealkylation sites (N-methyl/N-ethyl adjacent to an activating group) is 1. The zero-order valence-corrected chi connectivity index (χ0v) is 16.7. The van der Waals surface area contributed by atoms with E-state index in [-0.39, 0.29) is 30.6 Å². The summed E-state index contributed by atoms with van der Waals surface area (Å²) in [5, 5.41) is 3.65. The molecule has 2 amide bonds. The van der Waals surface area contributed by atoms with Gasteiger partial charge in [0.2, 0.25) is 11.8 Å². The zero-order valence-electron chi connectivity index (χ0n) is 15.2. The van der Waals surface area contributed by atoms with Crippen LogP contribution in [0.2, 0.25) is 10.0 Å². The fourth-order valence-corrected chi connectivity index (χ4v) is 3.42. The number of Topliss-reactive ketones (excluding diaryl/α,β-unsaturated/α-hetero) is 1. The van der Waals surface area contributed by atoms with E-state index in [4.69, 9.17) is 23.2 Å². The van der Waals surface area contributed by atoms with E-state index in [9.17, 15) is 14.4 Å². The van der Waals surface area contributed by atoms with Gasteiger partial charge in [-0.15, -0.1) is 0 Å². The Bertz CT molecular complexity index is 986. The fraction of sp³-hybridized carbons (Fsp3) is 0.190. The summed E-state index contributed by atoms with van der Waals surface area (Å²) in [6.07, 6.45) is 3.42. The molecule has 0 fully saturated rings. The van der Waals surface area contributed by atoms with Crippen LogP contribution in [0.15, 0.2) is 42.5 Å². The standard InChI is InChI=1S/C21H18Cl2N2O3/c1-25-18-6-3-14(10-15(18)11-21(25)28)19(26)8-9-24-20(27)7-4-13-2-5-16(22)12-17(13)23/h2-7,10,12H,8-9,11H2,1H3,(H,24,27)/b7-4+. The molecule has 28 heavy (non-hydrogen) atoms. The molecule has 1 aliphatic rings. The SMILES string of the molecule is CN1C(=O)Cc2cc(C(=O)CCNC(=O)/C=C/c3ccc(Cl)cc3Cl)ccc21. The highest BCUT2D eigenvalue weighted by molar-refractivity contribution is 6.35. The van der Waals surface area contributed by atoms with Crippen LogP contribution in [0.25, 0.3) is 6.08 Å². The number of rotatable bonds is 6. The average Bonchev–Trinajstić information content (AvgIpc) is 2.94. The minimum absolute atomic E-state index is 0.0134. The number of ketones is 1. The van der Waals surface area contributed by atoms with Crippen molar-refractivity contribution in [3.05, 3.63) is 69.2 Å². The number of hydrogen-bond donors (Lipinski definition) is 1. The second kappa shape index (κ2) is 8.59. The minimum atomic E-state index is -0.319. The fourth-order valence-electron chi connectivity index (χ4n) is 2.95. The highest BCUT2D eigenvalue weighted by atomic mass is 35.5. The van der Waals surface area contributed by atoms with Crippen LogP contribution in [0.1, 0.15) is 27.9 Å². The molecule has 1 N–H and O–H groups in total. The maximum absolute atomic E-state index is 12.3. The lowest BCUT2D eigenvalue weighted by Gasteiger charge is -2.10. The lowest BCUT2D eigenvalue weighted by molar-refractivity contribution is -0.117. The molecular weight excluding hydrogens is 399 g/mol. The molecule has 0 bridgehead atoms. The summed E-state index contributed by atoms with van der Waals surface area (Å²) in [5.74, 6) is -0.394. The van der Waals surface area contributed by atoms with Crippen LogP contribution in [-0.4, -0.2) is 31.2 Å². The van der Waals surface area contributed by atoms with Gasteiger partial charge in [0.15, 0.2) is 5.78 Å². The predicted octanol–water partition coefficient (Wildman–Crippen LogP) is 3.91. The van der Waals surface area contributed by atoms with Gasteiger partial charge in [-0.3, -0.25) is 14.4 Å². The van der Waals surface area contributed by atoms with Gasteiger partial charge < -0.3 is 10.2 Å². The molecule has 2 aromatic carbocycles. The van der Waals surface area contributed by atoms with Gasteiger partial charge in [-0.1, -0.05) is 29.3 Å². The Hall–Kier alpha value is -2.63. The first-order valence-electron chi connectivity index (χ1n) is 8.69. The lowest BCUT2D eigenvalue weighted by Crippen LogP contribution is -2.24.